The van der Waals surface area contributed by atoms with Gasteiger partial charge in [-0.1, -0.05) is 0 Å². The van der Waals surface area contributed by atoms with Crippen LogP contribution >= 0.6 is 0 Å². The Morgan fingerprint density at radius 2 is 2.50 bits per heavy atom. The maximum Gasteiger partial charge on any atom is 0.316 e. The van der Waals surface area contributed by atoms with Crippen LogP contribution in [0.5, 0.6) is 6.01 Å². The number of aliphatic imine (C=N–C) groups is 1. The molecule has 0 spiro atoms. The zero-order valence-electron chi connectivity index (χ0n) is 9.09. The van der Waals surface area contributed by atoms with E-state index in [-0.39, 0.29) is 12.1 Å². The van der Waals surface area contributed by atoms with Crippen molar-refractivity contribution in [3.63, 3.8) is 0 Å². The van der Waals surface area contributed by atoms with Gasteiger partial charge < -0.3 is 15.2 Å². The Hall–Kier alpha value is -1.85. The zero-order valence-corrected chi connectivity index (χ0v) is 9.09. The number of ether oxygens (including phenoxy) is 2. The maximum atomic E-state index is 5.40. The van der Waals surface area contributed by atoms with Crippen molar-refractivity contribution in [2.45, 2.75) is 19.4 Å². The lowest BCUT2D eigenvalue weighted by Gasteiger charge is -2.06. The van der Waals surface area contributed by atoms with Crippen LogP contribution in [0.1, 0.15) is 12.1 Å². The fraction of sp³-hybridized carbons (Fsp3) is 0.500. The summed E-state index contributed by atoms with van der Waals surface area (Å²) in [5.41, 5.74) is 6.28. The van der Waals surface area contributed by atoms with Crippen molar-refractivity contribution in [1.29, 1.82) is 0 Å². The fourth-order valence-corrected chi connectivity index (χ4v) is 1.37. The lowest BCUT2D eigenvalue weighted by Crippen LogP contribution is -2.12. The molecule has 16 heavy (non-hydrogen) atoms. The van der Waals surface area contributed by atoms with E-state index in [2.05, 4.69) is 15.0 Å². The molecule has 1 aromatic rings. The normalized spacial score (nSPS) is 19.1. The van der Waals surface area contributed by atoms with Gasteiger partial charge in [0, 0.05) is 18.3 Å². The van der Waals surface area contributed by atoms with Gasteiger partial charge in [-0.05, 0) is 13.0 Å². The molecule has 0 saturated carbocycles. The molecule has 6 nitrogen and oxygen atoms in total. The third-order valence-corrected chi connectivity index (χ3v) is 2.19. The molecule has 0 amide bonds. The van der Waals surface area contributed by atoms with Gasteiger partial charge in [0.05, 0.1) is 12.6 Å². The van der Waals surface area contributed by atoms with Crippen molar-refractivity contribution in [1.82, 2.24) is 9.97 Å². The summed E-state index contributed by atoms with van der Waals surface area (Å²) in [5, 5.41) is 0. The van der Waals surface area contributed by atoms with Gasteiger partial charge in [0.25, 0.3) is 6.02 Å². The Morgan fingerprint density at radius 3 is 3.19 bits per heavy atom. The largest absolute Gasteiger partial charge is 0.463 e. The lowest BCUT2D eigenvalue weighted by atomic mass is 10.2. The second-order valence-corrected chi connectivity index (χ2v) is 3.55. The number of nitrogens with zero attached hydrogens (tertiary/aromatic N) is 3. The monoisotopic (exact) mass is 222 g/mol. The minimum atomic E-state index is 0.0878. The summed E-state index contributed by atoms with van der Waals surface area (Å²) in [6.45, 7) is 2.93. The first kappa shape index (κ1) is 10.7. The zero-order chi connectivity index (χ0) is 11.4. The molecule has 0 fully saturated rings. The Bertz CT molecular complexity index is 394. The molecule has 6 heteroatoms. The molecule has 0 aliphatic carbocycles. The number of nitrogens with two attached hydrogens (primary N) is 1. The highest BCUT2D eigenvalue weighted by Gasteiger charge is 2.16. The van der Waals surface area contributed by atoms with E-state index in [9.17, 15) is 0 Å². The SMILES string of the molecule is Cc1ccnc(OCCC2COC(N)=N2)n1. The molecule has 2 rings (SSSR count). The van der Waals surface area contributed by atoms with E-state index in [4.69, 9.17) is 15.2 Å². The second-order valence-electron chi connectivity index (χ2n) is 3.55. The molecule has 2 N–H and O–H groups in total. The Balaban J connectivity index is 1.76. The van der Waals surface area contributed by atoms with Gasteiger partial charge >= 0.3 is 6.01 Å². The highest BCUT2D eigenvalue weighted by molar-refractivity contribution is 5.72. The molecule has 1 atom stereocenters. The van der Waals surface area contributed by atoms with Crippen LogP contribution in [0.3, 0.4) is 0 Å². The molecule has 2 heterocycles. The van der Waals surface area contributed by atoms with Crippen LogP contribution in [0.2, 0.25) is 0 Å². The number of rotatable bonds is 4. The van der Waals surface area contributed by atoms with Crippen LogP contribution in [-0.2, 0) is 4.74 Å². The topological polar surface area (TPSA) is 82.6 Å². The number of amidine groups is 1. The summed E-state index contributed by atoms with van der Waals surface area (Å²) in [6.07, 6.45) is 2.42. The highest BCUT2D eigenvalue weighted by Crippen LogP contribution is 2.08. The molecular weight excluding hydrogens is 208 g/mol. The minimum Gasteiger partial charge on any atom is -0.463 e. The van der Waals surface area contributed by atoms with E-state index in [1.165, 1.54) is 0 Å². The van der Waals surface area contributed by atoms with E-state index < -0.39 is 0 Å². The molecule has 0 saturated heterocycles. The van der Waals surface area contributed by atoms with E-state index >= 15 is 0 Å². The first-order chi connectivity index (χ1) is 7.74. The predicted molar refractivity (Wildman–Crippen MR) is 58.2 cm³/mol. The molecule has 1 unspecified atom stereocenters. The van der Waals surface area contributed by atoms with Crippen molar-refractivity contribution < 1.29 is 9.47 Å². The van der Waals surface area contributed by atoms with Gasteiger partial charge in [0.1, 0.15) is 6.61 Å². The molecule has 1 aliphatic heterocycles. The van der Waals surface area contributed by atoms with Crippen molar-refractivity contribution in [2.24, 2.45) is 10.7 Å². The first-order valence-corrected chi connectivity index (χ1v) is 5.12. The van der Waals surface area contributed by atoms with Gasteiger partial charge in [-0.2, -0.15) is 0 Å². The molecule has 0 radical (unpaired) electrons. The van der Waals surface area contributed by atoms with Gasteiger partial charge in [-0.25, -0.2) is 15.0 Å². The number of aromatic nitrogens is 2. The summed E-state index contributed by atoms with van der Waals surface area (Å²) in [5.74, 6) is 0. The van der Waals surface area contributed by atoms with Crippen LogP contribution in [0.25, 0.3) is 0 Å². The van der Waals surface area contributed by atoms with Crippen LogP contribution in [0.15, 0.2) is 17.3 Å². The van der Waals surface area contributed by atoms with E-state index in [0.29, 0.717) is 19.2 Å². The van der Waals surface area contributed by atoms with Crippen LogP contribution in [0.4, 0.5) is 0 Å². The maximum absolute atomic E-state index is 5.40. The van der Waals surface area contributed by atoms with Crippen LogP contribution in [0, 0.1) is 6.92 Å². The summed E-state index contributed by atoms with van der Waals surface area (Å²) >= 11 is 0. The molecular formula is C10H14N4O2. The second kappa shape index (κ2) is 4.78. The van der Waals surface area contributed by atoms with Crippen molar-refractivity contribution in [3.05, 3.63) is 18.0 Å². The van der Waals surface area contributed by atoms with Crippen molar-refractivity contribution in [3.8, 4) is 6.01 Å². The van der Waals surface area contributed by atoms with E-state index in [1.807, 2.05) is 13.0 Å². The van der Waals surface area contributed by atoms with E-state index in [0.717, 1.165) is 12.1 Å². The Kier molecular flexibility index (Phi) is 3.19. The van der Waals surface area contributed by atoms with Gasteiger partial charge in [-0.15, -0.1) is 0 Å². The molecule has 86 valence electrons. The van der Waals surface area contributed by atoms with Crippen molar-refractivity contribution in [2.75, 3.05) is 13.2 Å². The molecule has 0 aromatic carbocycles. The molecule has 1 aliphatic rings. The fourth-order valence-electron chi connectivity index (χ4n) is 1.37. The average Bonchev–Trinajstić information content (AvgIpc) is 2.64. The number of hydrogen-bond donors (Lipinski definition) is 1. The number of hydrogen-bond acceptors (Lipinski definition) is 6. The summed E-state index contributed by atoms with van der Waals surface area (Å²) < 4.78 is 10.4. The first-order valence-electron chi connectivity index (χ1n) is 5.12. The Labute approximate surface area is 93.5 Å². The predicted octanol–water partition coefficient (Wildman–Crippen LogP) is 0.267. The third-order valence-electron chi connectivity index (χ3n) is 2.19. The summed E-state index contributed by atoms with van der Waals surface area (Å²) in [6, 6.07) is 2.57. The average molecular weight is 222 g/mol. The minimum absolute atomic E-state index is 0.0878. The van der Waals surface area contributed by atoms with Gasteiger partial charge in [-0.3, -0.25) is 0 Å². The summed E-state index contributed by atoms with van der Waals surface area (Å²) in [4.78, 5) is 12.2. The van der Waals surface area contributed by atoms with Crippen LogP contribution in [-0.4, -0.2) is 35.2 Å². The Morgan fingerprint density at radius 1 is 1.62 bits per heavy atom. The molecule has 1 aromatic heterocycles. The standard InChI is InChI=1S/C10H14N4O2/c1-7-2-4-12-10(13-7)15-5-3-8-6-16-9(11)14-8/h2,4,8H,3,5-6H2,1H3,(H2,11,14). The number of aryl methyl sites for hydroxylation is 1. The van der Waals surface area contributed by atoms with E-state index in [1.54, 1.807) is 6.20 Å². The van der Waals surface area contributed by atoms with Gasteiger partial charge in [0.2, 0.25) is 0 Å². The van der Waals surface area contributed by atoms with Crippen LogP contribution < -0.4 is 10.5 Å². The molecule has 0 bridgehead atoms. The third kappa shape index (κ3) is 2.82. The lowest BCUT2D eigenvalue weighted by molar-refractivity contribution is 0.251. The highest BCUT2D eigenvalue weighted by atomic mass is 16.5. The van der Waals surface area contributed by atoms with Crippen molar-refractivity contribution >= 4 is 6.02 Å². The van der Waals surface area contributed by atoms with Gasteiger partial charge in [0.15, 0.2) is 0 Å². The summed E-state index contributed by atoms with van der Waals surface area (Å²) in [7, 11) is 0. The smallest absolute Gasteiger partial charge is 0.316 e. The quantitative estimate of drug-likeness (QED) is 0.790.